The second-order valence-corrected chi connectivity index (χ2v) is 6.52. The van der Waals surface area contributed by atoms with Crippen LogP contribution in [0.2, 0.25) is 0 Å². The lowest BCUT2D eigenvalue weighted by Crippen LogP contribution is -2.48. The van der Waals surface area contributed by atoms with E-state index in [1.165, 1.54) is 11.8 Å². The first-order valence-electron chi connectivity index (χ1n) is 7.09. The van der Waals surface area contributed by atoms with Crippen LogP contribution in [0.25, 0.3) is 0 Å². The van der Waals surface area contributed by atoms with Gasteiger partial charge in [-0.3, -0.25) is 4.90 Å². The summed E-state index contributed by atoms with van der Waals surface area (Å²) >= 11 is 4.94. The number of nitrogens with zero attached hydrogens (tertiary/aromatic N) is 4. The molecule has 1 aromatic carbocycles. The minimum absolute atomic E-state index is 0.684. The molecule has 1 aliphatic heterocycles. The number of ether oxygens (including phenoxy) is 1. The summed E-state index contributed by atoms with van der Waals surface area (Å²) in [5, 5.41) is 9.50. The largest absolute Gasteiger partial charge is 0.492 e. The smallest absolute Gasteiger partial charge is 0.208 e. The molecule has 0 radical (unpaired) electrons. The monoisotopic (exact) mass is 382 g/mol. The van der Waals surface area contributed by atoms with E-state index in [9.17, 15) is 0 Å². The zero-order chi connectivity index (χ0) is 15.8. The summed E-state index contributed by atoms with van der Waals surface area (Å²) in [4.78, 5) is 8.41. The van der Waals surface area contributed by atoms with E-state index in [1.807, 2.05) is 36.7 Å². The molecule has 5 nitrogen and oxygen atoms in total. The van der Waals surface area contributed by atoms with Crippen LogP contribution in [0.1, 0.15) is 0 Å². The summed E-state index contributed by atoms with van der Waals surface area (Å²) in [6.07, 6.45) is 3.83. The van der Waals surface area contributed by atoms with E-state index in [-0.39, 0.29) is 0 Å². The van der Waals surface area contributed by atoms with Gasteiger partial charge in [0.2, 0.25) is 6.19 Å². The first-order chi connectivity index (χ1) is 10.7. The summed E-state index contributed by atoms with van der Waals surface area (Å²) < 4.78 is 6.81. The topological polar surface area (TPSA) is 51.9 Å². The number of hydrogen-bond acceptors (Lipinski definition) is 5. The third-order valence-electron chi connectivity index (χ3n) is 3.46. The van der Waals surface area contributed by atoms with E-state index in [4.69, 9.17) is 10.00 Å². The molecule has 0 N–H and O–H groups in total. The molecule has 1 saturated heterocycles. The Morgan fingerprint density at radius 3 is 2.59 bits per heavy atom. The Bertz CT molecular complexity index is 535. The molecule has 0 amide bonds. The second kappa shape index (κ2) is 9.03. The molecule has 1 fully saturated rings. The Kier molecular flexibility index (Phi) is 7.03. The summed E-state index contributed by atoms with van der Waals surface area (Å²) in [6, 6.07) is 7.88. The number of hydrogen-bond donors (Lipinski definition) is 0. The molecule has 0 atom stereocenters. The van der Waals surface area contributed by atoms with Crippen molar-refractivity contribution >= 4 is 32.9 Å². The highest BCUT2D eigenvalue weighted by Crippen LogP contribution is 2.16. The molecule has 0 aromatic heterocycles. The van der Waals surface area contributed by atoms with Crippen molar-refractivity contribution in [2.45, 2.75) is 0 Å². The van der Waals surface area contributed by atoms with Gasteiger partial charge in [0.25, 0.3) is 0 Å². The Labute approximate surface area is 144 Å². The summed E-state index contributed by atoms with van der Waals surface area (Å²) in [5.74, 6) is 0.896. The van der Waals surface area contributed by atoms with E-state index < -0.39 is 0 Å². The van der Waals surface area contributed by atoms with Crippen molar-refractivity contribution in [2.24, 2.45) is 4.99 Å². The fraction of sp³-hybridized carbons (Fsp3) is 0.467. The zero-order valence-corrected chi connectivity index (χ0v) is 14.9. The minimum Gasteiger partial charge on any atom is -0.492 e. The van der Waals surface area contributed by atoms with Crippen LogP contribution in [0, 0.1) is 11.5 Å². The van der Waals surface area contributed by atoms with Crippen molar-refractivity contribution in [2.75, 3.05) is 45.6 Å². The molecule has 2 rings (SSSR count). The van der Waals surface area contributed by atoms with Crippen LogP contribution in [-0.2, 0) is 0 Å². The molecule has 118 valence electrons. The third kappa shape index (κ3) is 5.20. The van der Waals surface area contributed by atoms with E-state index in [1.54, 1.807) is 0 Å². The Morgan fingerprint density at radius 1 is 1.32 bits per heavy atom. The van der Waals surface area contributed by atoms with Crippen molar-refractivity contribution in [1.29, 1.82) is 5.26 Å². The van der Waals surface area contributed by atoms with Crippen LogP contribution in [0.5, 0.6) is 5.75 Å². The normalized spacial score (nSPS) is 16.4. The third-order valence-corrected chi connectivity index (χ3v) is 4.70. The van der Waals surface area contributed by atoms with Gasteiger partial charge < -0.3 is 9.64 Å². The summed E-state index contributed by atoms with van der Waals surface area (Å²) in [5.41, 5.74) is 0. The molecule has 0 unspecified atom stereocenters. The van der Waals surface area contributed by atoms with E-state index in [2.05, 4.69) is 30.7 Å². The number of aliphatic imine (C=N–C) groups is 1. The van der Waals surface area contributed by atoms with Gasteiger partial charge in [0.05, 0.1) is 0 Å². The lowest BCUT2D eigenvalue weighted by Gasteiger charge is -2.35. The quantitative estimate of drug-likeness (QED) is 0.455. The lowest BCUT2D eigenvalue weighted by molar-refractivity contribution is 0.155. The van der Waals surface area contributed by atoms with Crippen LogP contribution in [-0.4, -0.2) is 60.6 Å². The number of piperazine rings is 1. The molecule has 0 bridgehead atoms. The van der Waals surface area contributed by atoms with Crippen molar-refractivity contribution in [1.82, 2.24) is 9.80 Å². The molecule has 22 heavy (non-hydrogen) atoms. The molecule has 1 aliphatic rings. The molecule has 0 spiro atoms. The fourth-order valence-electron chi connectivity index (χ4n) is 2.27. The Morgan fingerprint density at radius 2 is 2.00 bits per heavy atom. The van der Waals surface area contributed by atoms with Gasteiger partial charge in [-0.25, -0.2) is 0 Å². The highest BCUT2D eigenvalue weighted by atomic mass is 79.9. The molecular formula is C15H19BrN4OS. The Balaban J connectivity index is 1.70. The Hall–Kier alpha value is -1.23. The van der Waals surface area contributed by atoms with Gasteiger partial charge in [-0.15, -0.1) is 4.99 Å². The van der Waals surface area contributed by atoms with Crippen molar-refractivity contribution < 1.29 is 4.74 Å². The van der Waals surface area contributed by atoms with E-state index in [0.717, 1.165) is 48.1 Å². The number of thioether (sulfide) groups is 1. The first kappa shape index (κ1) is 17.1. The first-order valence-corrected chi connectivity index (χ1v) is 9.11. The van der Waals surface area contributed by atoms with Crippen molar-refractivity contribution in [3.8, 4) is 11.9 Å². The van der Waals surface area contributed by atoms with Crippen molar-refractivity contribution in [3.63, 3.8) is 0 Å². The average molecular weight is 383 g/mol. The predicted octanol–water partition coefficient (Wildman–Crippen LogP) is 2.65. The minimum atomic E-state index is 0.684. The van der Waals surface area contributed by atoms with Crippen LogP contribution >= 0.6 is 27.7 Å². The predicted molar refractivity (Wildman–Crippen MR) is 94.2 cm³/mol. The maximum Gasteiger partial charge on any atom is 0.208 e. The summed E-state index contributed by atoms with van der Waals surface area (Å²) in [6.45, 7) is 5.33. The summed E-state index contributed by atoms with van der Waals surface area (Å²) in [7, 11) is 0. The van der Waals surface area contributed by atoms with Gasteiger partial charge in [-0.1, -0.05) is 27.7 Å². The van der Waals surface area contributed by atoms with Crippen molar-refractivity contribution in [3.05, 3.63) is 28.7 Å². The maximum absolute atomic E-state index is 8.68. The van der Waals surface area contributed by atoms with Gasteiger partial charge in [0, 0.05) is 37.2 Å². The SMILES string of the molecule is CSC(=NC#N)N1CCN(CCOc2ccc(Br)cc2)CC1. The van der Waals surface area contributed by atoms with Crippen LogP contribution in [0.4, 0.5) is 0 Å². The maximum atomic E-state index is 8.68. The number of rotatable bonds is 4. The molecule has 7 heteroatoms. The molecule has 1 aromatic rings. The van der Waals surface area contributed by atoms with E-state index in [0.29, 0.717) is 6.61 Å². The highest BCUT2D eigenvalue weighted by Gasteiger charge is 2.19. The van der Waals surface area contributed by atoms with Crippen LogP contribution in [0.3, 0.4) is 0 Å². The lowest BCUT2D eigenvalue weighted by atomic mass is 10.3. The molecule has 0 saturated carbocycles. The highest BCUT2D eigenvalue weighted by molar-refractivity contribution is 9.10. The van der Waals surface area contributed by atoms with Gasteiger partial charge in [0.15, 0.2) is 5.17 Å². The van der Waals surface area contributed by atoms with Gasteiger partial charge in [-0.05, 0) is 30.5 Å². The standard InChI is InChI=1S/C15H19BrN4OS/c1-22-15(18-12-17)20-8-6-19(7-9-20)10-11-21-14-4-2-13(16)3-5-14/h2-5H,6-11H2,1H3. The molecular weight excluding hydrogens is 364 g/mol. The van der Waals surface area contributed by atoms with Gasteiger partial charge >= 0.3 is 0 Å². The second-order valence-electron chi connectivity index (χ2n) is 4.83. The van der Waals surface area contributed by atoms with E-state index >= 15 is 0 Å². The number of amidine groups is 1. The number of benzene rings is 1. The van der Waals surface area contributed by atoms with Gasteiger partial charge in [-0.2, -0.15) is 5.26 Å². The van der Waals surface area contributed by atoms with Crippen LogP contribution < -0.4 is 4.74 Å². The molecule has 0 aliphatic carbocycles. The average Bonchev–Trinajstić information content (AvgIpc) is 2.55. The molecule has 1 heterocycles. The number of halogens is 1. The van der Waals surface area contributed by atoms with Crippen LogP contribution in [0.15, 0.2) is 33.7 Å². The van der Waals surface area contributed by atoms with Gasteiger partial charge in [0.1, 0.15) is 12.4 Å². The fourth-order valence-corrected chi connectivity index (χ4v) is 3.11. The zero-order valence-electron chi connectivity index (χ0n) is 12.5. The number of nitriles is 1.